The highest BCUT2D eigenvalue weighted by Gasteiger charge is 2.34. The van der Waals surface area contributed by atoms with Gasteiger partial charge in [-0.3, -0.25) is 0 Å². The molecule has 0 radical (unpaired) electrons. The average Bonchev–Trinajstić information content (AvgIpc) is 2.98. The van der Waals surface area contributed by atoms with Gasteiger partial charge in [-0.05, 0) is 68.1 Å². The number of nitrogens with one attached hydrogen (secondary N) is 2. The summed E-state index contributed by atoms with van der Waals surface area (Å²) in [7, 11) is 0. The van der Waals surface area contributed by atoms with Gasteiger partial charge >= 0.3 is 5.97 Å². The highest BCUT2D eigenvalue weighted by atomic mass is 32.1. The molecule has 1 unspecified atom stereocenters. The van der Waals surface area contributed by atoms with Crippen LogP contribution in [0.2, 0.25) is 0 Å². The molecule has 2 aliphatic rings. The van der Waals surface area contributed by atoms with E-state index in [2.05, 4.69) is 31.4 Å². The molecule has 3 rings (SSSR count). The van der Waals surface area contributed by atoms with E-state index >= 15 is 0 Å². The molecule has 0 aromatic carbocycles. The fraction of sp³-hybridized carbons (Fsp3) is 0.727. The summed E-state index contributed by atoms with van der Waals surface area (Å²) in [6.07, 6.45) is 9.25. The molecule has 2 N–H and O–H groups in total. The van der Waals surface area contributed by atoms with Gasteiger partial charge in [0.05, 0.1) is 12.2 Å². The molecule has 1 saturated carbocycles. The summed E-state index contributed by atoms with van der Waals surface area (Å²) in [6.45, 7) is 9.17. The fourth-order valence-electron chi connectivity index (χ4n) is 4.40. The standard InChI is InChI=1S/C22H34N2O2S2/c1-5-26-20(25)18-16-12-11-14(22(2,3)4)13-17(16)28-19(18)24-21(27)23-15-9-7-6-8-10-15/h14-15H,5-13H2,1-4H3,(H2,23,24,27). The van der Waals surface area contributed by atoms with Crippen LogP contribution in [0, 0.1) is 11.3 Å². The molecule has 1 heterocycles. The SMILES string of the molecule is CCOC(=O)c1c(NC(=S)NC2CCCCC2)sc2c1CCC(C(C)(C)C)C2. The Kier molecular flexibility index (Phi) is 7.02. The van der Waals surface area contributed by atoms with E-state index in [9.17, 15) is 4.79 Å². The number of thiocarbonyl (C=S) groups is 1. The molecule has 0 bridgehead atoms. The largest absolute Gasteiger partial charge is 0.462 e. The molecule has 0 saturated heterocycles. The number of thiophene rings is 1. The number of hydrogen-bond acceptors (Lipinski definition) is 4. The van der Waals surface area contributed by atoms with Crippen molar-refractivity contribution in [2.24, 2.45) is 11.3 Å². The number of anilines is 1. The molecule has 0 spiro atoms. The van der Waals surface area contributed by atoms with E-state index in [0.29, 0.717) is 29.2 Å². The monoisotopic (exact) mass is 422 g/mol. The maximum Gasteiger partial charge on any atom is 0.341 e. The van der Waals surface area contributed by atoms with E-state index in [1.807, 2.05) is 6.92 Å². The first-order valence-electron chi connectivity index (χ1n) is 10.7. The Morgan fingerprint density at radius 1 is 1.21 bits per heavy atom. The van der Waals surface area contributed by atoms with Crippen molar-refractivity contribution < 1.29 is 9.53 Å². The van der Waals surface area contributed by atoms with Crippen LogP contribution in [0.1, 0.15) is 87.0 Å². The predicted molar refractivity (Wildman–Crippen MR) is 121 cm³/mol. The number of hydrogen-bond donors (Lipinski definition) is 2. The normalized spacial score (nSPS) is 20.4. The zero-order chi connectivity index (χ0) is 20.3. The molecular formula is C22H34N2O2S2. The van der Waals surface area contributed by atoms with Crippen molar-refractivity contribution in [3.8, 4) is 0 Å². The molecule has 1 fully saturated rings. The minimum atomic E-state index is -0.225. The van der Waals surface area contributed by atoms with Gasteiger partial charge in [0.1, 0.15) is 5.00 Å². The van der Waals surface area contributed by atoms with Gasteiger partial charge in [-0.25, -0.2) is 4.79 Å². The second-order valence-corrected chi connectivity index (χ2v) is 10.7. The van der Waals surface area contributed by atoms with Crippen LogP contribution in [0.25, 0.3) is 0 Å². The predicted octanol–water partition coefficient (Wildman–Crippen LogP) is 5.69. The summed E-state index contributed by atoms with van der Waals surface area (Å²) in [5.74, 6) is 0.408. The number of ether oxygens (including phenoxy) is 1. The van der Waals surface area contributed by atoms with Crippen molar-refractivity contribution in [3.05, 3.63) is 16.0 Å². The first kappa shape index (κ1) is 21.6. The van der Waals surface area contributed by atoms with Crippen molar-refractivity contribution in [3.63, 3.8) is 0 Å². The second kappa shape index (κ2) is 9.12. The van der Waals surface area contributed by atoms with E-state index < -0.39 is 0 Å². The van der Waals surface area contributed by atoms with Crippen LogP contribution in [0.3, 0.4) is 0 Å². The first-order chi connectivity index (χ1) is 13.3. The highest BCUT2D eigenvalue weighted by Crippen LogP contribution is 2.44. The van der Waals surface area contributed by atoms with Gasteiger partial charge < -0.3 is 15.4 Å². The zero-order valence-corrected chi connectivity index (χ0v) is 19.3. The molecule has 28 heavy (non-hydrogen) atoms. The van der Waals surface area contributed by atoms with Crippen molar-refractivity contribution in [1.82, 2.24) is 5.32 Å². The summed E-state index contributed by atoms with van der Waals surface area (Å²) in [5.41, 5.74) is 2.16. The lowest BCUT2D eigenvalue weighted by Crippen LogP contribution is -2.38. The van der Waals surface area contributed by atoms with E-state index in [4.69, 9.17) is 17.0 Å². The maximum absolute atomic E-state index is 12.7. The van der Waals surface area contributed by atoms with Crippen LogP contribution in [0.4, 0.5) is 5.00 Å². The second-order valence-electron chi connectivity index (χ2n) is 9.17. The van der Waals surface area contributed by atoms with E-state index in [0.717, 1.165) is 24.3 Å². The summed E-state index contributed by atoms with van der Waals surface area (Å²) >= 11 is 7.27. The van der Waals surface area contributed by atoms with Gasteiger partial charge in [-0.15, -0.1) is 11.3 Å². The summed E-state index contributed by atoms with van der Waals surface area (Å²) in [5, 5.41) is 8.28. The summed E-state index contributed by atoms with van der Waals surface area (Å²) < 4.78 is 5.38. The Morgan fingerprint density at radius 2 is 1.93 bits per heavy atom. The minimum Gasteiger partial charge on any atom is -0.462 e. The zero-order valence-electron chi connectivity index (χ0n) is 17.7. The quantitative estimate of drug-likeness (QED) is 0.482. The molecule has 0 aliphatic heterocycles. The van der Waals surface area contributed by atoms with Gasteiger partial charge in [0, 0.05) is 10.9 Å². The maximum atomic E-state index is 12.7. The van der Waals surface area contributed by atoms with Gasteiger partial charge in [0.25, 0.3) is 0 Å². The average molecular weight is 423 g/mol. The number of rotatable bonds is 4. The number of esters is 1. The van der Waals surface area contributed by atoms with Crippen LogP contribution in [0.5, 0.6) is 0 Å². The van der Waals surface area contributed by atoms with Crippen molar-refractivity contribution in [2.75, 3.05) is 11.9 Å². The highest BCUT2D eigenvalue weighted by molar-refractivity contribution is 7.80. The van der Waals surface area contributed by atoms with Gasteiger partial charge in [0.15, 0.2) is 5.11 Å². The molecule has 1 atom stereocenters. The number of carbonyl (C=O) groups is 1. The molecule has 4 nitrogen and oxygen atoms in total. The Labute approximate surface area is 178 Å². The third-order valence-corrected chi connectivity index (χ3v) is 7.53. The van der Waals surface area contributed by atoms with Crippen LogP contribution >= 0.6 is 23.6 Å². The Hall–Kier alpha value is -1.14. The van der Waals surface area contributed by atoms with Crippen molar-refractivity contribution in [2.45, 2.75) is 85.1 Å². The molecule has 1 aromatic rings. The number of fused-ring (bicyclic) bond motifs is 1. The lowest BCUT2D eigenvalue weighted by Gasteiger charge is -2.33. The Morgan fingerprint density at radius 3 is 2.57 bits per heavy atom. The smallest absolute Gasteiger partial charge is 0.341 e. The Bertz CT molecular complexity index is 715. The van der Waals surface area contributed by atoms with Gasteiger partial charge in [-0.1, -0.05) is 40.0 Å². The van der Waals surface area contributed by atoms with E-state index in [1.165, 1.54) is 42.5 Å². The van der Waals surface area contributed by atoms with Gasteiger partial charge in [0.2, 0.25) is 0 Å². The first-order valence-corrected chi connectivity index (χ1v) is 11.9. The van der Waals surface area contributed by atoms with Crippen LogP contribution in [-0.2, 0) is 17.6 Å². The third kappa shape index (κ3) is 5.07. The van der Waals surface area contributed by atoms with E-state index in [-0.39, 0.29) is 11.4 Å². The number of carbonyl (C=O) groups excluding carboxylic acids is 1. The van der Waals surface area contributed by atoms with Crippen molar-refractivity contribution >= 4 is 39.6 Å². The summed E-state index contributed by atoms with van der Waals surface area (Å²) in [4.78, 5) is 14.0. The van der Waals surface area contributed by atoms with Crippen LogP contribution in [-0.4, -0.2) is 23.7 Å². The lowest BCUT2D eigenvalue weighted by molar-refractivity contribution is 0.0526. The van der Waals surface area contributed by atoms with Gasteiger partial charge in [-0.2, -0.15) is 0 Å². The molecular weight excluding hydrogens is 388 g/mol. The Balaban J connectivity index is 1.80. The molecule has 6 heteroatoms. The molecule has 156 valence electrons. The van der Waals surface area contributed by atoms with Crippen LogP contribution in [0.15, 0.2) is 0 Å². The molecule has 0 amide bonds. The topological polar surface area (TPSA) is 50.4 Å². The molecule has 2 aliphatic carbocycles. The fourth-order valence-corrected chi connectivity index (χ4v) is 6.06. The van der Waals surface area contributed by atoms with Crippen LogP contribution < -0.4 is 10.6 Å². The third-order valence-electron chi connectivity index (χ3n) is 6.14. The molecule has 1 aromatic heterocycles. The lowest BCUT2D eigenvalue weighted by atomic mass is 9.72. The van der Waals surface area contributed by atoms with Crippen molar-refractivity contribution in [1.29, 1.82) is 0 Å². The minimum absolute atomic E-state index is 0.225. The summed E-state index contributed by atoms with van der Waals surface area (Å²) in [6, 6.07) is 0.444. The van der Waals surface area contributed by atoms with E-state index in [1.54, 1.807) is 11.3 Å².